The first-order valence-electron chi connectivity index (χ1n) is 6.60. The molecule has 112 valence electrons. The van der Waals surface area contributed by atoms with Gasteiger partial charge in [-0.05, 0) is 24.3 Å². The van der Waals surface area contributed by atoms with E-state index in [1.54, 1.807) is 19.4 Å². The molecular weight excluding hydrogens is 337 g/mol. The molecular formula is C15H17BrFN3O. The summed E-state index contributed by atoms with van der Waals surface area (Å²) in [7, 11) is 1.68. The van der Waals surface area contributed by atoms with E-state index in [1.165, 1.54) is 6.07 Å². The fraction of sp³-hybridized carbons (Fsp3) is 0.267. The second kappa shape index (κ2) is 7.83. The third kappa shape index (κ3) is 4.90. The van der Waals surface area contributed by atoms with Crippen molar-refractivity contribution in [1.29, 1.82) is 0 Å². The van der Waals surface area contributed by atoms with Crippen molar-refractivity contribution in [3.63, 3.8) is 0 Å². The van der Waals surface area contributed by atoms with E-state index in [0.29, 0.717) is 24.6 Å². The molecule has 2 rings (SSSR count). The fourth-order valence-electron chi connectivity index (χ4n) is 1.82. The molecule has 0 amide bonds. The highest BCUT2D eigenvalue weighted by atomic mass is 79.9. The summed E-state index contributed by atoms with van der Waals surface area (Å²) in [6.45, 7) is 1.07. The Kier molecular flexibility index (Phi) is 5.80. The maximum absolute atomic E-state index is 13.7. The predicted molar refractivity (Wildman–Crippen MR) is 84.7 cm³/mol. The lowest BCUT2D eigenvalue weighted by atomic mass is 10.2. The fourth-order valence-corrected chi connectivity index (χ4v) is 2.16. The summed E-state index contributed by atoms with van der Waals surface area (Å²) < 4.78 is 19.7. The lowest BCUT2D eigenvalue weighted by Gasteiger charge is -2.12. The van der Waals surface area contributed by atoms with Crippen LogP contribution in [0.15, 0.2) is 50.5 Å². The highest BCUT2D eigenvalue weighted by molar-refractivity contribution is 9.10. The lowest BCUT2D eigenvalue weighted by Crippen LogP contribution is -2.38. The Labute approximate surface area is 131 Å². The number of furan rings is 1. The molecule has 0 radical (unpaired) electrons. The minimum atomic E-state index is -0.247. The quantitative estimate of drug-likeness (QED) is 0.641. The Bertz CT molecular complexity index is 599. The number of benzene rings is 1. The maximum atomic E-state index is 13.7. The van der Waals surface area contributed by atoms with Gasteiger partial charge in [0.2, 0.25) is 0 Å². The number of nitrogens with one attached hydrogen (secondary N) is 2. The highest BCUT2D eigenvalue weighted by Gasteiger charge is 2.04. The molecule has 0 saturated heterocycles. The van der Waals surface area contributed by atoms with Gasteiger partial charge in [-0.15, -0.1) is 0 Å². The average molecular weight is 354 g/mol. The van der Waals surface area contributed by atoms with Gasteiger partial charge in [0.25, 0.3) is 0 Å². The second-order valence-electron chi connectivity index (χ2n) is 4.42. The van der Waals surface area contributed by atoms with Gasteiger partial charge in [0, 0.05) is 36.6 Å². The van der Waals surface area contributed by atoms with Crippen molar-refractivity contribution in [3.05, 3.63) is 58.2 Å². The average Bonchev–Trinajstić information content (AvgIpc) is 2.97. The van der Waals surface area contributed by atoms with Crippen molar-refractivity contribution in [2.24, 2.45) is 4.99 Å². The van der Waals surface area contributed by atoms with E-state index in [0.717, 1.165) is 16.7 Å². The first kappa shape index (κ1) is 15.6. The van der Waals surface area contributed by atoms with Crippen LogP contribution in [0.3, 0.4) is 0 Å². The smallest absolute Gasteiger partial charge is 0.191 e. The number of hydrogen-bond acceptors (Lipinski definition) is 2. The summed E-state index contributed by atoms with van der Waals surface area (Å²) in [4.78, 5) is 4.10. The van der Waals surface area contributed by atoms with Gasteiger partial charge >= 0.3 is 0 Å². The Balaban J connectivity index is 1.79. The largest absolute Gasteiger partial charge is 0.469 e. The summed E-state index contributed by atoms with van der Waals surface area (Å²) in [6, 6.07) is 8.79. The Morgan fingerprint density at radius 3 is 2.86 bits per heavy atom. The Morgan fingerprint density at radius 1 is 1.33 bits per heavy atom. The van der Waals surface area contributed by atoms with Crippen LogP contribution >= 0.6 is 15.9 Å². The molecule has 1 aromatic carbocycles. The van der Waals surface area contributed by atoms with E-state index < -0.39 is 0 Å². The third-order valence-electron chi connectivity index (χ3n) is 2.93. The minimum Gasteiger partial charge on any atom is -0.469 e. The molecule has 0 atom stereocenters. The number of guanidine groups is 1. The van der Waals surface area contributed by atoms with Crippen LogP contribution < -0.4 is 10.6 Å². The summed E-state index contributed by atoms with van der Waals surface area (Å²) in [5.41, 5.74) is 0.590. The third-order valence-corrected chi connectivity index (χ3v) is 3.42. The Morgan fingerprint density at radius 2 is 2.19 bits per heavy atom. The topological polar surface area (TPSA) is 49.6 Å². The summed E-state index contributed by atoms with van der Waals surface area (Å²) in [5, 5.41) is 6.24. The zero-order chi connectivity index (χ0) is 15.1. The van der Waals surface area contributed by atoms with Crippen molar-refractivity contribution < 1.29 is 8.81 Å². The zero-order valence-corrected chi connectivity index (χ0v) is 13.3. The Hall–Kier alpha value is -1.82. The van der Waals surface area contributed by atoms with E-state index in [4.69, 9.17) is 4.42 Å². The van der Waals surface area contributed by atoms with Crippen LogP contribution in [0.25, 0.3) is 0 Å². The zero-order valence-electron chi connectivity index (χ0n) is 11.7. The van der Waals surface area contributed by atoms with Gasteiger partial charge in [-0.1, -0.05) is 22.0 Å². The number of halogens is 2. The number of aliphatic imine (C=N–C) groups is 1. The van der Waals surface area contributed by atoms with Crippen LogP contribution in [-0.4, -0.2) is 19.6 Å². The molecule has 0 bridgehead atoms. The standard InChI is InChI=1S/C15H17BrFN3O/c1-18-15(19-7-6-13-3-2-8-21-13)20-10-11-4-5-12(16)9-14(11)17/h2-5,8-9H,6-7,10H2,1H3,(H2,18,19,20). The lowest BCUT2D eigenvalue weighted by molar-refractivity contribution is 0.506. The first-order valence-corrected chi connectivity index (χ1v) is 7.39. The van der Waals surface area contributed by atoms with Crippen molar-refractivity contribution in [2.45, 2.75) is 13.0 Å². The number of rotatable bonds is 5. The molecule has 0 fully saturated rings. The molecule has 2 N–H and O–H groups in total. The maximum Gasteiger partial charge on any atom is 0.191 e. The van der Waals surface area contributed by atoms with Gasteiger partial charge in [-0.25, -0.2) is 4.39 Å². The van der Waals surface area contributed by atoms with Crippen molar-refractivity contribution in [1.82, 2.24) is 10.6 Å². The van der Waals surface area contributed by atoms with Gasteiger partial charge in [0.05, 0.1) is 6.26 Å². The molecule has 0 spiro atoms. The number of nitrogens with zero attached hydrogens (tertiary/aromatic N) is 1. The van der Waals surface area contributed by atoms with Gasteiger partial charge < -0.3 is 15.1 Å². The van der Waals surface area contributed by atoms with Crippen molar-refractivity contribution in [2.75, 3.05) is 13.6 Å². The van der Waals surface area contributed by atoms with E-state index in [2.05, 4.69) is 31.6 Å². The molecule has 6 heteroatoms. The summed E-state index contributed by atoms with van der Waals surface area (Å²) in [5.74, 6) is 1.30. The molecule has 0 saturated carbocycles. The van der Waals surface area contributed by atoms with E-state index in [1.807, 2.05) is 18.2 Å². The van der Waals surface area contributed by atoms with Gasteiger partial charge in [0.1, 0.15) is 11.6 Å². The van der Waals surface area contributed by atoms with Crippen LogP contribution in [0.5, 0.6) is 0 Å². The van der Waals surface area contributed by atoms with E-state index in [9.17, 15) is 4.39 Å². The van der Waals surface area contributed by atoms with Crippen LogP contribution in [0.1, 0.15) is 11.3 Å². The molecule has 0 aliphatic heterocycles. The van der Waals surface area contributed by atoms with E-state index in [-0.39, 0.29) is 5.82 Å². The van der Waals surface area contributed by atoms with Crippen molar-refractivity contribution in [3.8, 4) is 0 Å². The van der Waals surface area contributed by atoms with Gasteiger partial charge in [-0.3, -0.25) is 4.99 Å². The van der Waals surface area contributed by atoms with Crippen LogP contribution in [-0.2, 0) is 13.0 Å². The molecule has 4 nitrogen and oxygen atoms in total. The molecule has 2 aromatic rings. The highest BCUT2D eigenvalue weighted by Crippen LogP contribution is 2.14. The van der Waals surface area contributed by atoms with Crippen LogP contribution in [0, 0.1) is 5.82 Å². The molecule has 0 aliphatic carbocycles. The monoisotopic (exact) mass is 353 g/mol. The SMILES string of the molecule is CN=C(NCCc1ccco1)NCc1ccc(Br)cc1F. The molecule has 21 heavy (non-hydrogen) atoms. The van der Waals surface area contributed by atoms with Crippen LogP contribution in [0.4, 0.5) is 4.39 Å². The van der Waals surface area contributed by atoms with Crippen molar-refractivity contribution >= 4 is 21.9 Å². The normalized spacial score (nSPS) is 11.5. The predicted octanol–water partition coefficient (Wildman–Crippen LogP) is 3.09. The number of hydrogen-bond donors (Lipinski definition) is 2. The van der Waals surface area contributed by atoms with Gasteiger partial charge in [-0.2, -0.15) is 0 Å². The molecule has 0 unspecified atom stereocenters. The minimum absolute atomic E-state index is 0.247. The molecule has 0 aliphatic rings. The van der Waals surface area contributed by atoms with E-state index >= 15 is 0 Å². The van der Waals surface area contributed by atoms with Crippen LogP contribution in [0.2, 0.25) is 0 Å². The summed E-state index contributed by atoms with van der Waals surface area (Å²) >= 11 is 3.24. The first-order chi connectivity index (χ1) is 10.2. The molecule has 1 heterocycles. The second-order valence-corrected chi connectivity index (χ2v) is 5.33. The summed E-state index contributed by atoms with van der Waals surface area (Å²) in [6.07, 6.45) is 2.42. The molecule has 1 aromatic heterocycles. The van der Waals surface area contributed by atoms with Gasteiger partial charge in [0.15, 0.2) is 5.96 Å².